The van der Waals surface area contributed by atoms with E-state index in [2.05, 4.69) is 63.3 Å². The van der Waals surface area contributed by atoms with Crippen LogP contribution >= 0.6 is 0 Å². The van der Waals surface area contributed by atoms with Gasteiger partial charge in [-0.3, -0.25) is 0 Å². The third-order valence-electron chi connectivity index (χ3n) is 6.40. The highest BCUT2D eigenvalue weighted by molar-refractivity contribution is 5.84. The van der Waals surface area contributed by atoms with Gasteiger partial charge in [-0.05, 0) is 37.7 Å². The van der Waals surface area contributed by atoms with Gasteiger partial charge in [0, 0.05) is 56.4 Å². The predicted octanol–water partition coefficient (Wildman–Crippen LogP) is 5.00. The van der Waals surface area contributed by atoms with Crippen molar-refractivity contribution in [3.05, 3.63) is 36.7 Å². The minimum atomic E-state index is 0.632. The summed E-state index contributed by atoms with van der Waals surface area (Å²) in [5.74, 6) is 1.47. The van der Waals surface area contributed by atoms with Crippen molar-refractivity contribution < 1.29 is 0 Å². The Kier molecular flexibility index (Phi) is 8.41. The predicted molar refractivity (Wildman–Crippen MR) is 137 cm³/mol. The molecule has 176 valence electrons. The number of nitrogens with one attached hydrogen (secondary N) is 1. The Balaban J connectivity index is 1.42. The number of unbranched alkanes of at least 4 members (excludes halogenated alkanes) is 6. The van der Waals surface area contributed by atoms with Crippen molar-refractivity contribution in [1.29, 1.82) is 0 Å². The molecule has 0 amide bonds. The van der Waals surface area contributed by atoms with Gasteiger partial charge in [0.1, 0.15) is 5.52 Å². The summed E-state index contributed by atoms with van der Waals surface area (Å²) in [6.45, 7) is 7.46. The van der Waals surface area contributed by atoms with Crippen LogP contribution in [0.25, 0.3) is 22.6 Å². The van der Waals surface area contributed by atoms with Gasteiger partial charge in [0.15, 0.2) is 17.3 Å². The summed E-state index contributed by atoms with van der Waals surface area (Å²) in [4.78, 5) is 23.3. The van der Waals surface area contributed by atoms with E-state index in [9.17, 15) is 0 Å². The molecule has 0 saturated carbocycles. The van der Waals surface area contributed by atoms with Crippen LogP contribution in [0.15, 0.2) is 36.7 Å². The van der Waals surface area contributed by atoms with Crippen LogP contribution in [-0.2, 0) is 0 Å². The summed E-state index contributed by atoms with van der Waals surface area (Å²) < 4.78 is 0. The number of fused-ring (bicyclic) bond motifs is 1. The van der Waals surface area contributed by atoms with Crippen molar-refractivity contribution in [2.45, 2.75) is 51.9 Å². The fourth-order valence-corrected chi connectivity index (χ4v) is 4.29. The first kappa shape index (κ1) is 23.4. The van der Waals surface area contributed by atoms with E-state index >= 15 is 0 Å². The molecule has 0 spiro atoms. The first-order valence-corrected chi connectivity index (χ1v) is 12.5. The Morgan fingerprint density at radius 1 is 0.818 bits per heavy atom. The summed E-state index contributed by atoms with van der Waals surface area (Å²) in [5.41, 5.74) is 3.62. The molecular weight excluding hydrogens is 410 g/mol. The zero-order valence-electron chi connectivity index (χ0n) is 20.1. The third-order valence-corrected chi connectivity index (χ3v) is 6.40. The van der Waals surface area contributed by atoms with Crippen molar-refractivity contribution in [3.63, 3.8) is 0 Å². The van der Waals surface area contributed by atoms with Crippen LogP contribution in [0.2, 0.25) is 0 Å². The third kappa shape index (κ3) is 6.38. The SMILES string of the molecule is CCCCCCCCCNc1nc(-c2ccc(N3CCN(C)CC3)cc2)nc2nccnc12. The van der Waals surface area contributed by atoms with Gasteiger partial charge in [0.05, 0.1) is 0 Å². The van der Waals surface area contributed by atoms with E-state index in [1.807, 2.05) is 0 Å². The summed E-state index contributed by atoms with van der Waals surface area (Å²) >= 11 is 0. The molecule has 1 aliphatic heterocycles. The average molecular weight is 448 g/mol. The number of anilines is 2. The quantitative estimate of drug-likeness (QED) is 0.415. The molecule has 0 atom stereocenters. The van der Waals surface area contributed by atoms with Crippen molar-refractivity contribution in [2.75, 3.05) is 50.0 Å². The van der Waals surface area contributed by atoms with Gasteiger partial charge in [-0.15, -0.1) is 0 Å². The van der Waals surface area contributed by atoms with Gasteiger partial charge in [-0.2, -0.15) is 0 Å². The smallest absolute Gasteiger partial charge is 0.184 e. The van der Waals surface area contributed by atoms with Crippen molar-refractivity contribution in [3.8, 4) is 11.4 Å². The zero-order valence-corrected chi connectivity index (χ0v) is 20.1. The van der Waals surface area contributed by atoms with Gasteiger partial charge in [0.25, 0.3) is 0 Å². The Labute approximate surface area is 197 Å². The van der Waals surface area contributed by atoms with Crippen LogP contribution < -0.4 is 10.2 Å². The Morgan fingerprint density at radius 2 is 1.52 bits per heavy atom. The lowest BCUT2D eigenvalue weighted by Crippen LogP contribution is -2.44. The summed E-state index contributed by atoms with van der Waals surface area (Å²) in [6.07, 6.45) is 12.4. The molecule has 0 radical (unpaired) electrons. The molecule has 3 heterocycles. The molecule has 3 aromatic rings. The molecule has 33 heavy (non-hydrogen) atoms. The molecule has 1 saturated heterocycles. The summed E-state index contributed by atoms with van der Waals surface area (Å²) in [7, 11) is 2.18. The van der Waals surface area contributed by atoms with Gasteiger partial charge in [-0.1, -0.05) is 45.4 Å². The molecule has 4 rings (SSSR count). The number of rotatable bonds is 11. The maximum absolute atomic E-state index is 4.84. The number of piperazine rings is 1. The van der Waals surface area contributed by atoms with Gasteiger partial charge in [0.2, 0.25) is 0 Å². The van der Waals surface area contributed by atoms with E-state index in [-0.39, 0.29) is 0 Å². The fraction of sp³-hybridized carbons (Fsp3) is 0.538. The van der Waals surface area contributed by atoms with Crippen molar-refractivity contribution in [2.24, 2.45) is 0 Å². The average Bonchev–Trinajstić information content (AvgIpc) is 2.86. The van der Waals surface area contributed by atoms with E-state index < -0.39 is 0 Å². The number of hydrogen-bond donors (Lipinski definition) is 1. The van der Waals surface area contributed by atoms with Crippen molar-refractivity contribution >= 4 is 22.7 Å². The first-order chi connectivity index (χ1) is 16.2. The maximum atomic E-state index is 4.84. The van der Waals surface area contributed by atoms with Crippen LogP contribution in [0, 0.1) is 0 Å². The second kappa shape index (κ2) is 11.9. The minimum Gasteiger partial charge on any atom is -0.369 e. The topological polar surface area (TPSA) is 70.1 Å². The standard InChI is InChI=1S/C26H37N7/c1-3-4-5-6-7-8-9-14-28-25-23-26(29-16-15-27-23)31-24(30-25)21-10-12-22(13-11-21)33-19-17-32(2)18-20-33/h10-13,15-16H,3-9,14,17-20H2,1-2H3,(H,28,29,30,31). The first-order valence-electron chi connectivity index (χ1n) is 12.5. The van der Waals surface area contributed by atoms with E-state index in [1.54, 1.807) is 12.4 Å². The van der Waals surface area contributed by atoms with E-state index in [1.165, 1.54) is 44.2 Å². The maximum Gasteiger partial charge on any atom is 0.184 e. The lowest BCUT2D eigenvalue weighted by Gasteiger charge is -2.34. The normalized spacial score (nSPS) is 14.7. The number of hydrogen-bond acceptors (Lipinski definition) is 7. The van der Waals surface area contributed by atoms with E-state index in [0.29, 0.717) is 11.5 Å². The highest BCUT2D eigenvalue weighted by Crippen LogP contribution is 2.25. The highest BCUT2D eigenvalue weighted by Gasteiger charge is 2.15. The molecule has 1 aromatic carbocycles. The lowest BCUT2D eigenvalue weighted by molar-refractivity contribution is 0.313. The number of nitrogens with zero attached hydrogens (tertiary/aromatic N) is 6. The molecule has 0 aliphatic carbocycles. The zero-order chi connectivity index (χ0) is 22.9. The molecule has 0 bridgehead atoms. The monoisotopic (exact) mass is 447 g/mol. The molecular formula is C26H37N7. The largest absolute Gasteiger partial charge is 0.369 e. The molecule has 1 fully saturated rings. The Hall–Kier alpha value is -2.80. The Morgan fingerprint density at radius 3 is 2.27 bits per heavy atom. The van der Waals surface area contributed by atoms with Gasteiger partial charge in [-0.25, -0.2) is 19.9 Å². The molecule has 0 unspecified atom stereocenters. The van der Waals surface area contributed by atoms with Crippen LogP contribution in [-0.4, -0.2) is 64.6 Å². The second-order valence-corrected chi connectivity index (χ2v) is 9.01. The summed E-state index contributed by atoms with van der Waals surface area (Å²) in [5, 5.41) is 3.50. The second-order valence-electron chi connectivity index (χ2n) is 9.01. The summed E-state index contributed by atoms with van der Waals surface area (Å²) in [6, 6.07) is 8.59. The number of likely N-dealkylation sites (N-methyl/N-ethyl adjacent to an activating group) is 1. The van der Waals surface area contributed by atoms with Crippen LogP contribution in [0.4, 0.5) is 11.5 Å². The number of benzene rings is 1. The molecule has 1 N–H and O–H groups in total. The Bertz CT molecular complexity index is 997. The number of aromatic nitrogens is 4. The van der Waals surface area contributed by atoms with Crippen molar-refractivity contribution in [1.82, 2.24) is 24.8 Å². The van der Waals surface area contributed by atoms with Gasteiger partial charge < -0.3 is 15.1 Å². The van der Waals surface area contributed by atoms with E-state index in [4.69, 9.17) is 9.97 Å². The molecule has 7 nitrogen and oxygen atoms in total. The minimum absolute atomic E-state index is 0.632. The fourth-order valence-electron chi connectivity index (χ4n) is 4.29. The molecule has 1 aliphatic rings. The van der Waals surface area contributed by atoms with Crippen LogP contribution in [0.5, 0.6) is 0 Å². The van der Waals surface area contributed by atoms with Crippen LogP contribution in [0.3, 0.4) is 0 Å². The molecule has 2 aromatic heterocycles. The lowest BCUT2D eigenvalue weighted by atomic mass is 10.1. The van der Waals surface area contributed by atoms with Gasteiger partial charge >= 0.3 is 0 Å². The molecule has 7 heteroatoms. The van der Waals surface area contributed by atoms with Crippen LogP contribution in [0.1, 0.15) is 51.9 Å². The highest BCUT2D eigenvalue weighted by atomic mass is 15.2. The van der Waals surface area contributed by atoms with E-state index in [0.717, 1.165) is 56.0 Å².